The normalized spacial score (nSPS) is 23.5. The van der Waals surface area contributed by atoms with E-state index in [0.717, 1.165) is 38.2 Å². The topological polar surface area (TPSA) is 36.4 Å². The van der Waals surface area contributed by atoms with Crippen LogP contribution in [-0.2, 0) is 17.8 Å². The Balaban J connectivity index is 1.68. The lowest BCUT2D eigenvalue weighted by Crippen LogP contribution is -2.57. The zero-order valence-electron chi connectivity index (χ0n) is 14.1. The van der Waals surface area contributed by atoms with Crippen LogP contribution in [0.15, 0.2) is 48.8 Å². The number of nitrogens with zero attached hydrogens (tertiary/aromatic N) is 3. The van der Waals surface area contributed by atoms with Gasteiger partial charge in [-0.25, -0.2) is 0 Å². The van der Waals surface area contributed by atoms with Gasteiger partial charge in [0.2, 0.25) is 5.91 Å². The first kappa shape index (κ1) is 15.3. The number of rotatable bonds is 2. The minimum absolute atomic E-state index is 0.0515. The molecule has 0 bridgehead atoms. The number of fused-ring (bicyclic) bond motifs is 1. The molecule has 2 aliphatic rings. The van der Waals surface area contributed by atoms with Crippen LogP contribution in [0.4, 0.5) is 5.69 Å². The molecule has 2 aliphatic heterocycles. The first-order chi connectivity index (χ1) is 11.7. The molecule has 124 valence electrons. The van der Waals surface area contributed by atoms with E-state index >= 15 is 0 Å². The molecule has 1 fully saturated rings. The molecule has 1 saturated heterocycles. The highest BCUT2D eigenvalue weighted by molar-refractivity contribution is 5.93. The first-order valence-corrected chi connectivity index (χ1v) is 8.68. The molecular weight excluding hydrogens is 298 g/mol. The van der Waals surface area contributed by atoms with Crippen molar-refractivity contribution in [2.24, 2.45) is 0 Å². The van der Waals surface area contributed by atoms with E-state index in [1.165, 1.54) is 17.5 Å². The lowest BCUT2D eigenvalue weighted by molar-refractivity contribution is -0.117. The van der Waals surface area contributed by atoms with E-state index in [1.807, 2.05) is 29.4 Å². The van der Waals surface area contributed by atoms with Gasteiger partial charge >= 0.3 is 0 Å². The summed E-state index contributed by atoms with van der Waals surface area (Å²) < 4.78 is 0. The van der Waals surface area contributed by atoms with Crippen LogP contribution in [0.2, 0.25) is 0 Å². The molecule has 0 aliphatic carbocycles. The number of carbonyl (C=O) groups excluding carboxylic acids is 1. The third-order valence-corrected chi connectivity index (χ3v) is 5.47. The molecule has 4 nitrogen and oxygen atoms in total. The average Bonchev–Trinajstić information content (AvgIpc) is 2.96. The summed E-state index contributed by atoms with van der Waals surface area (Å²) in [6, 6.07) is 12.5. The van der Waals surface area contributed by atoms with Gasteiger partial charge < -0.3 is 4.90 Å². The first-order valence-electron chi connectivity index (χ1n) is 8.68. The van der Waals surface area contributed by atoms with Gasteiger partial charge in [0.1, 0.15) is 0 Å². The van der Waals surface area contributed by atoms with Crippen molar-refractivity contribution in [2.75, 3.05) is 18.0 Å². The van der Waals surface area contributed by atoms with Gasteiger partial charge in [0.05, 0.1) is 0 Å². The van der Waals surface area contributed by atoms with Gasteiger partial charge in [-0.2, -0.15) is 0 Å². The van der Waals surface area contributed by atoms with Gasteiger partial charge in [0, 0.05) is 43.6 Å². The molecule has 3 heterocycles. The van der Waals surface area contributed by atoms with E-state index in [9.17, 15) is 4.79 Å². The fourth-order valence-electron chi connectivity index (χ4n) is 4.33. The van der Waals surface area contributed by atoms with Gasteiger partial charge in [-0.1, -0.05) is 24.3 Å². The molecule has 1 aromatic carbocycles. The monoisotopic (exact) mass is 321 g/mol. The lowest BCUT2D eigenvalue weighted by Gasteiger charge is -2.46. The third kappa shape index (κ3) is 2.61. The van der Waals surface area contributed by atoms with Crippen molar-refractivity contribution >= 4 is 11.6 Å². The van der Waals surface area contributed by atoms with Gasteiger partial charge in [-0.3, -0.25) is 14.7 Å². The number of hydrogen-bond donors (Lipinski definition) is 0. The largest absolute Gasteiger partial charge is 0.311 e. The Morgan fingerprint density at radius 2 is 2.12 bits per heavy atom. The second-order valence-electron chi connectivity index (χ2n) is 7.02. The van der Waals surface area contributed by atoms with Crippen molar-refractivity contribution in [3.63, 3.8) is 0 Å². The molecule has 4 heteroatoms. The van der Waals surface area contributed by atoms with Crippen LogP contribution in [0.25, 0.3) is 0 Å². The molecule has 1 atom stereocenters. The molecule has 1 spiro atoms. The van der Waals surface area contributed by atoms with E-state index in [2.05, 4.69) is 34.1 Å². The maximum atomic E-state index is 12.3. The standard InChI is InChI=1S/C20H23N3O/c1-16(24)23-15-20(12-18-7-2-3-8-19(18)23)9-5-11-22(20)14-17-6-4-10-21-13-17/h2-4,6-8,10,13H,5,9,11-12,14-15H2,1H3. The van der Waals surface area contributed by atoms with Gasteiger partial charge in [0.25, 0.3) is 0 Å². The van der Waals surface area contributed by atoms with Crippen LogP contribution in [0.1, 0.15) is 30.9 Å². The Labute approximate surface area is 143 Å². The Hall–Kier alpha value is -2.20. The van der Waals surface area contributed by atoms with E-state index in [-0.39, 0.29) is 11.4 Å². The van der Waals surface area contributed by atoms with Crippen molar-refractivity contribution in [1.82, 2.24) is 9.88 Å². The zero-order valence-corrected chi connectivity index (χ0v) is 14.1. The molecule has 24 heavy (non-hydrogen) atoms. The van der Waals surface area contributed by atoms with Crippen molar-refractivity contribution in [1.29, 1.82) is 0 Å². The number of likely N-dealkylation sites (tertiary alicyclic amines) is 1. The van der Waals surface area contributed by atoms with Crippen LogP contribution >= 0.6 is 0 Å². The van der Waals surface area contributed by atoms with Gasteiger partial charge in [0.15, 0.2) is 0 Å². The molecule has 1 amide bonds. The van der Waals surface area contributed by atoms with Crippen LogP contribution in [0, 0.1) is 0 Å². The molecule has 0 radical (unpaired) electrons. The summed E-state index contributed by atoms with van der Waals surface area (Å²) in [6.07, 6.45) is 7.12. The predicted molar refractivity (Wildman–Crippen MR) is 94.8 cm³/mol. The number of para-hydroxylation sites is 1. The highest BCUT2D eigenvalue weighted by Crippen LogP contribution is 2.41. The highest BCUT2D eigenvalue weighted by Gasteiger charge is 2.46. The minimum atomic E-state index is 0.0515. The number of anilines is 1. The molecular formula is C20H23N3O. The Bertz CT molecular complexity index is 746. The molecule has 4 rings (SSSR count). The Morgan fingerprint density at radius 1 is 1.25 bits per heavy atom. The summed E-state index contributed by atoms with van der Waals surface area (Å²) >= 11 is 0. The fraction of sp³-hybridized carbons (Fsp3) is 0.400. The van der Waals surface area contributed by atoms with Crippen LogP contribution in [-0.4, -0.2) is 34.4 Å². The predicted octanol–water partition coefficient (Wildman–Crippen LogP) is 3.03. The summed E-state index contributed by atoms with van der Waals surface area (Å²) in [4.78, 5) is 21.1. The van der Waals surface area contributed by atoms with Crippen LogP contribution in [0.5, 0.6) is 0 Å². The molecule has 2 aromatic rings. The van der Waals surface area contributed by atoms with E-state index in [1.54, 1.807) is 6.92 Å². The summed E-state index contributed by atoms with van der Waals surface area (Å²) in [7, 11) is 0. The summed E-state index contributed by atoms with van der Waals surface area (Å²) in [6.45, 7) is 4.46. The molecule has 1 aromatic heterocycles. The number of pyridine rings is 1. The number of amides is 1. The molecule has 1 unspecified atom stereocenters. The number of benzene rings is 1. The summed E-state index contributed by atoms with van der Waals surface area (Å²) in [5.74, 6) is 0.134. The van der Waals surface area contributed by atoms with Crippen molar-refractivity contribution in [3.05, 3.63) is 59.9 Å². The SMILES string of the molecule is CC(=O)N1CC2(CCCN2Cc2cccnc2)Cc2ccccc21. The van der Waals surface area contributed by atoms with Gasteiger partial charge in [-0.15, -0.1) is 0 Å². The maximum absolute atomic E-state index is 12.3. The summed E-state index contributed by atoms with van der Waals surface area (Å²) in [5.41, 5.74) is 3.67. The minimum Gasteiger partial charge on any atom is -0.311 e. The third-order valence-electron chi connectivity index (χ3n) is 5.47. The lowest BCUT2D eigenvalue weighted by atomic mass is 9.83. The van der Waals surface area contributed by atoms with Crippen molar-refractivity contribution < 1.29 is 4.79 Å². The van der Waals surface area contributed by atoms with E-state index in [4.69, 9.17) is 0 Å². The second kappa shape index (κ2) is 6.02. The zero-order chi connectivity index (χ0) is 16.6. The van der Waals surface area contributed by atoms with Crippen LogP contribution < -0.4 is 4.90 Å². The number of hydrogen-bond acceptors (Lipinski definition) is 3. The average molecular weight is 321 g/mol. The summed E-state index contributed by atoms with van der Waals surface area (Å²) in [5, 5.41) is 0. The fourth-order valence-corrected chi connectivity index (χ4v) is 4.33. The number of carbonyl (C=O) groups is 1. The number of aromatic nitrogens is 1. The van der Waals surface area contributed by atoms with Crippen molar-refractivity contribution in [3.8, 4) is 0 Å². The Kier molecular flexibility index (Phi) is 3.85. The molecule has 0 saturated carbocycles. The quantitative estimate of drug-likeness (QED) is 0.853. The van der Waals surface area contributed by atoms with Crippen molar-refractivity contribution in [2.45, 2.75) is 38.3 Å². The second-order valence-corrected chi connectivity index (χ2v) is 7.02. The highest BCUT2D eigenvalue weighted by atomic mass is 16.2. The van der Waals surface area contributed by atoms with Crippen LogP contribution in [0.3, 0.4) is 0 Å². The molecule has 0 N–H and O–H groups in total. The van der Waals surface area contributed by atoms with E-state index in [0.29, 0.717) is 0 Å². The smallest absolute Gasteiger partial charge is 0.223 e. The van der Waals surface area contributed by atoms with Gasteiger partial charge in [-0.05, 0) is 49.1 Å². The maximum Gasteiger partial charge on any atom is 0.223 e. The Morgan fingerprint density at radius 3 is 2.92 bits per heavy atom. The van der Waals surface area contributed by atoms with E-state index < -0.39 is 0 Å².